The Morgan fingerprint density at radius 2 is 2.30 bits per heavy atom. The largest absolute Gasteiger partial charge is 0.477 e. The smallest absolute Gasteiger partial charge is 0.365 e. The van der Waals surface area contributed by atoms with Crippen molar-refractivity contribution in [3.63, 3.8) is 0 Å². The predicted octanol–water partition coefficient (Wildman–Crippen LogP) is -1.55. The first kappa shape index (κ1) is 6.76. The van der Waals surface area contributed by atoms with Gasteiger partial charge in [0.05, 0.1) is 0 Å². The molecule has 0 aromatic heterocycles. The highest BCUT2D eigenvalue weighted by Gasteiger charge is 2.44. The standard InChI is InChI=1S/C5H5NO4/c7-3-1-2-6-5(3,10)4(8)9/h1-2,6,10H,(H,8,9). The molecule has 0 aromatic carbocycles. The van der Waals surface area contributed by atoms with E-state index in [1.165, 1.54) is 0 Å². The molecule has 1 aliphatic heterocycles. The highest BCUT2D eigenvalue weighted by molar-refractivity contribution is 6.12. The highest BCUT2D eigenvalue weighted by Crippen LogP contribution is 2.08. The van der Waals surface area contributed by atoms with Crippen LogP contribution in [0.5, 0.6) is 0 Å². The van der Waals surface area contributed by atoms with Gasteiger partial charge in [-0.1, -0.05) is 0 Å². The van der Waals surface area contributed by atoms with Crippen molar-refractivity contribution in [3.8, 4) is 0 Å². The first-order valence-corrected chi connectivity index (χ1v) is 2.52. The lowest BCUT2D eigenvalue weighted by Gasteiger charge is -2.14. The van der Waals surface area contributed by atoms with Crippen LogP contribution < -0.4 is 5.32 Å². The molecule has 1 rings (SSSR count). The van der Waals surface area contributed by atoms with Crippen LogP contribution in [0.1, 0.15) is 0 Å². The van der Waals surface area contributed by atoms with Gasteiger partial charge in [-0.2, -0.15) is 0 Å². The second-order valence-corrected chi connectivity index (χ2v) is 1.86. The third kappa shape index (κ3) is 0.679. The van der Waals surface area contributed by atoms with E-state index in [4.69, 9.17) is 10.2 Å². The van der Waals surface area contributed by atoms with Gasteiger partial charge in [0.1, 0.15) is 0 Å². The zero-order valence-corrected chi connectivity index (χ0v) is 4.87. The summed E-state index contributed by atoms with van der Waals surface area (Å²) in [6.07, 6.45) is 2.06. The normalized spacial score (nSPS) is 30.3. The summed E-state index contributed by atoms with van der Waals surface area (Å²) in [7, 11) is 0. The van der Waals surface area contributed by atoms with E-state index in [9.17, 15) is 9.59 Å². The molecule has 0 saturated carbocycles. The van der Waals surface area contributed by atoms with E-state index in [0.29, 0.717) is 0 Å². The molecule has 1 atom stereocenters. The lowest BCUT2D eigenvalue weighted by Crippen LogP contribution is -2.52. The second kappa shape index (κ2) is 1.81. The number of ketones is 1. The molecule has 0 bridgehead atoms. The minimum Gasteiger partial charge on any atom is -0.477 e. The monoisotopic (exact) mass is 143 g/mol. The highest BCUT2D eigenvalue weighted by atomic mass is 16.4. The lowest BCUT2D eigenvalue weighted by atomic mass is 10.2. The molecule has 1 heterocycles. The molecule has 0 radical (unpaired) electrons. The quantitative estimate of drug-likeness (QED) is 0.387. The zero-order chi connectivity index (χ0) is 7.78. The minimum atomic E-state index is -2.43. The number of carboxylic acids is 1. The molecule has 0 spiro atoms. The summed E-state index contributed by atoms with van der Waals surface area (Å²) in [4.78, 5) is 20.7. The molecular weight excluding hydrogens is 138 g/mol. The van der Waals surface area contributed by atoms with Gasteiger partial charge in [0.25, 0.3) is 5.72 Å². The van der Waals surface area contributed by atoms with Crippen LogP contribution in [0.25, 0.3) is 0 Å². The fraction of sp³-hybridized carbons (Fsp3) is 0.200. The number of rotatable bonds is 1. The van der Waals surface area contributed by atoms with Crippen LogP contribution in [-0.4, -0.2) is 27.7 Å². The minimum absolute atomic E-state index is 0.861. The van der Waals surface area contributed by atoms with Crippen molar-refractivity contribution in [1.29, 1.82) is 0 Å². The van der Waals surface area contributed by atoms with Gasteiger partial charge in [-0.3, -0.25) is 4.79 Å². The Bertz CT molecular complexity index is 222. The average molecular weight is 143 g/mol. The van der Waals surface area contributed by atoms with E-state index in [0.717, 1.165) is 12.3 Å². The summed E-state index contributed by atoms with van der Waals surface area (Å²) < 4.78 is 0. The Balaban J connectivity index is 2.91. The van der Waals surface area contributed by atoms with E-state index < -0.39 is 17.5 Å². The van der Waals surface area contributed by atoms with Gasteiger partial charge in [0, 0.05) is 12.3 Å². The van der Waals surface area contributed by atoms with Gasteiger partial charge >= 0.3 is 5.97 Å². The third-order valence-electron chi connectivity index (χ3n) is 1.19. The number of hydrogen-bond donors (Lipinski definition) is 3. The summed E-state index contributed by atoms with van der Waals surface area (Å²) in [6, 6.07) is 0. The molecule has 3 N–H and O–H groups in total. The fourth-order valence-electron chi connectivity index (χ4n) is 0.597. The molecule has 0 saturated heterocycles. The summed E-state index contributed by atoms with van der Waals surface area (Å²) >= 11 is 0. The number of carbonyl (C=O) groups is 2. The Morgan fingerprint density at radius 3 is 2.50 bits per heavy atom. The average Bonchev–Trinajstić information content (AvgIpc) is 2.15. The molecule has 1 aliphatic rings. The van der Waals surface area contributed by atoms with Crippen molar-refractivity contribution in [2.75, 3.05) is 0 Å². The van der Waals surface area contributed by atoms with Gasteiger partial charge in [-0.15, -0.1) is 0 Å². The van der Waals surface area contributed by atoms with Crippen molar-refractivity contribution in [3.05, 3.63) is 12.3 Å². The maximum atomic E-state index is 10.6. The van der Waals surface area contributed by atoms with Crippen molar-refractivity contribution in [1.82, 2.24) is 5.32 Å². The van der Waals surface area contributed by atoms with Crippen molar-refractivity contribution in [2.24, 2.45) is 0 Å². The van der Waals surface area contributed by atoms with Crippen LogP contribution in [0.2, 0.25) is 0 Å². The molecule has 5 nitrogen and oxygen atoms in total. The zero-order valence-electron chi connectivity index (χ0n) is 4.87. The predicted molar refractivity (Wildman–Crippen MR) is 29.9 cm³/mol. The van der Waals surface area contributed by atoms with Gasteiger partial charge in [-0.05, 0) is 0 Å². The first-order chi connectivity index (χ1) is 4.57. The van der Waals surface area contributed by atoms with Gasteiger partial charge in [-0.25, -0.2) is 4.79 Å². The van der Waals surface area contributed by atoms with Crippen LogP contribution in [0.4, 0.5) is 0 Å². The Kier molecular flexibility index (Phi) is 1.22. The lowest BCUT2D eigenvalue weighted by molar-refractivity contribution is -0.164. The Morgan fingerprint density at radius 1 is 1.70 bits per heavy atom. The molecule has 0 aromatic rings. The molecule has 1 unspecified atom stereocenters. The molecular formula is C5H5NO4. The molecule has 0 amide bonds. The number of carbonyl (C=O) groups excluding carboxylic acids is 1. The second-order valence-electron chi connectivity index (χ2n) is 1.86. The van der Waals surface area contributed by atoms with Crippen molar-refractivity contribution >= 4 is 11.8 Å². The van der Waals surface area contributed by atoms with Crippen LogP contribution in [0.3, 0.4) is 0 Å². The van der Waals surface area contributed by atoms with Crippen LogP contribution in [-0.2, 0) is 9.59 Å². The molecule has 0 aliphatic carbocycles. The molecule has 54 valence electrons. The van der Waals surface area contributed by atoms with E-state index in [1.54, 1.807) is 0 Å². The molecule has 10 heavy (non-hydrogen) atoms. The Labute approximate surface area is 56.0 Å². The number of carboxylic acid groups (broad SMARTS) is 1. The maximum Gasteiger partial charge on any atom is 0.365 e. The van der Waals surface area contributed by atoms with Crippen LogP contribution in [0.15, 0.2) is 12.3 Å². The van der Waals surface area contributed by atoms with E-state index in [-0.39, 0.29) is 0 Å². The van der Waals surface area contributed by atoms with E-state index >= 15 is 0 Å². The maximum absolute atomic E-state index is 10.6. The Hall–Kier alpha value is -1.36. The summed E-state index contributed by atoms with van der Waals surface area (Å²) in [5.41, 5.74) is -2.43. The molecule has 0 fully saturated rings. The SMILES string of the molecule is O=C(O)C1(O)NC=CC1=O. The number of hydrogen-bond acceptors (Lipinski definition) is 4. The van der Waals surface area contributed by atoms with Crippen LogP contribution >= 0.6 is 0 Å². The number of aliphatic carboxylic acids is 1. The van der Waals surface area contributed by atoms with Crippen molar-refractivity contribution < 1.29 is 19.8 Å². The van der Waals surface area contributed by atoms with Crippen LogP contribution in [0, 0.1) is 0 Å². The van der Waals surface area contributed by atoms with E-state index in [1.807, 2.05) is 5.32 Å². The summed E-state index contributed by atoms with van der Waals surface area (Å²) in [6.45, 7) is 0. The van der Waals surface area contributed by atoms with Crippen molar-refractivity contribution in [2.45, 2.75) is 5.72 Å². The number of aliphatic hydroxyl groups is 1. The molecule has 5 heteroatoms. The summed E-state index contributed by atoms with van der Waals surface area (Å²) in [5, 5.41) is 19.2. The third-order valence-corrected chi connectivity index (χ3v) is 1.19. The van der Waals surface area contributed by atoms with Gasteiger partial charge in [0.2, 0.25) is 5.78 Å². The fourth-order valence-corrected chi connectivity index (χ4v) is 0.597. The number of nitrogens with one attached hydrogen (secondary N) is 1. The van der Waals surface area contributed by atoms with E-state index in [2.05, 4.69) is 0 Å². The first-order valence-electron chi connectivity index (χ1n) is 2.52. The van der Waals surface area contributed by atoms with Gasteiger partial charge in [0.15, 0.2) is 0 Å². The van der Waals surface area contributed by atoms with Gasteiger partial charge < -0.3 is 15.5 Å². The summed E-state index contributed by atoms with van der Waals surface area (Å²) in [5.74, 6) is -2.46. The topological polar surface area (TPSA) is 86.6 Å².